The number of aromatic nitrogens is 1. The van der Waals surface area contributed by atoms with Crippen molar-refractivity contribution in [2.24, 2.45) is 5.73 Å². The maximum Gasteiger partial charge on any atom is 0.162 e. The molecular weight excluding hydrogens is 270 g/mol. The Hall–Kier alpha value is -1.17. The summed E-state index contributed by atoms with van der Waals surface area (Å²) in [5.41, 5.74) is 6.87. The van der Waals surface area contributed by atoms with Crippen LogP contribution in [-0.4, -0.2) is 29.0 Å². The van der Waals surface area contributed by atoms with Gasteiger partial charge in [-0.2, -0.15) is 0 Å². The first-order valence-electron chi connectivity index (χ1n) is 7.29. The van der Waals surface area contributed by atoms with E-state index < -0.39 is 0 Å². The van der Waals surface area contributed by atoms with Crippen molar-refractivity contribution in [1.29, 1.82) is 0 Å². The molecule has 2 aromatic rings. The van der Waals surface area contributed by atoms with Crippen molar-refractivity contribution in [2.45, 2.75) is 38.3 Å². The molecule has 5 heteroatoms. The van der Waals surface area contributed by atoms with Crippen molar-refractivity contribution in [3.05, 3.63) is 29.5 Å². The molecule has 0 spiro atoms. The lowest BCUT2D eigenvalue weighted by molar-refractivity contribution is 0.132. The number of hydrogen-bond donors (Lipinski definition) is 1. The van der Waals surface area contributed by atoms with E-state index in [1.807, 2.05) is 12.1 Å². The third kappa shape index (κ3) is 3.11. The second-order valence-electron chi connectivity index (χ2n) is 5.32. The largest absolute Gasteiger partial charge is 0.462 e. The zero-order valence-corrected chi connectivity index (χ0v) is 12.4. The molecule has 3 heterocycles. The van der Waals surface area contributed by atoms with E-state index in [9.17, 15) is 0 Å². The first-order chi connectivity index (χ1) is 9.86. The van der Waals surface area contributed by atoms with Gasteiger partial charge in [-0.05, 0) is 44.5 Å². The smallest absolute Gasteiger partial charge is 0.162 e. The monoisotopic (exact) mass is 291 g/mol. The normalized spacial score (nSPS) is 20.4. The minimum absolute atomic E-state index is 0.627. The summed E-state index contributed by atoms with van der Waals surface area (Å²) < 4.78 is 5.40. The Morgan fingerprint density at radius 3 is 3.20 bits per heavy atom. The molecule has 0 radical (unpaired) electrons. The SMILES string of the molecule is NCCC1CCCCN1Cc1csc(-c2ccco2)n1. The molecule has 2 aromatic heterocycles. The van der Waals surface area contributed by atoms with Gasteiger partial charge in [0.25, 0.3) is 0 Å². The van der Waals surface area contributed by atoms with E-state index in [2.05, 4.69) is 10.3 Å². The number of rotatable bonds is 5. The van der Waals surface area contributed by atoms with Gasteiger partial charge in [0.15, 0.2) is 10.8 Å². The van der Waals surface area contributed by atoms with Crippen LogP contribution in [0.3, 0.4) is 0 Å². The summed E-state index contributed by atoms with van der Waals surface area (Å²) in [6.07, 6.45) is 6.67. The topological polar surface area (TPSA) is 55.3 Å². The molecule has 1 fully saturated rings. The molecule has 0 saturated carbocycles. The third-order valence-electron chi connectivity index (χ3n) is 3.90. The van der Waals surface area contributed by atoms with Gasteiger partial charge in [0, 0.05) is 18.0 Å². The Morgan fingerprint density at radius 1 is 1.45 bits per heavy atom. The summed E-state index contributed by atoms with van der Waals surface area (Å²) in [5, 5.41) is 3.11. The molecule has 0 aliphatic carbocycles. The van der Waals surface area contributed by atoms with Gasteiger partial charge in [0.2, 0.25) is 0 Å². The highest BCUT2D eigenvalue weighted by molar-refractivity contribution is 7.13. The second-order valence-corrected chi connectivity index (χ2v) is 6.18. The van der Waals surface area contributed by atoms with Gasteiger partial charge >= 0.3 is 0 Å². The van der Waals surface area contributed by atoms with Crippen molar-refractivity contribution < 1.29 is 4.42 Å². The van der Waals surface area contributed by atoms with Crippen molar-refractivity contribution in [3.63, 3.8) is 0 Å². The predicted molar refractivity (Wildman–Crippen MR) is 81.5 cm³/mol. The molecule has 3 rings (SSSR count). The summed E-state index contributed by atoms with van der Waals surface area (Å²) in [5.74, 6) is 0.860. The maximum absolute atomic E-state index is 5.73. The lowest BCUT2D eigenvalue weighted by atomic mass is 9.99. The predicted octanol–water partition coefficient (Wildman–Crippen LogP) is 3.11. The van der Waals surface area contributed by atoms with Gasteiger partial charge in [-0.15, -0.1) is 11.3 Å². The van der Waals surface area contributed by atoms with Crippen LogP contribution in [-0.2, 0) is 6.54 Å². The summed E-state index contributed by atoms with van der Waals surface area (Å²) in [6, 6.07) is 4.49. The fraction of sp³-hybridized carbons (Fsp3) is 0.533. The number of thiazole rings is 1. The van der Waals surface area contributed by atoms with Gasteiger partial charge in [0.1, 0.15) is 0 Å². The van der Waals surface area contributed by atoms with E-state index in [4.69, 9.17) is 15.1 Å². The van der Waals surface area contributed by atoms with Gasteiger partial charge in [-0.3, -0.25) is 4.90 Å². The quantitative estimate of drug-likeness (QED) is 0.919. The lowest BCUT2D eigenvalue weighted by Crippen LogP contribution is -2.40. The first kappa shape index (κ1) is 13.8. The standard InChI is InChI=1S/C15H21N3OS/c16-7-6-13-4-1-2-8-18(13)10-12-11-20-15(17-12)14-5-3-9-19-14/h3,5,9,11,13H,1-2,4,6-8,10,16H2. The Bertz CT molecular complexity index is 521. The fourth-order valence-corrected chi connectivity index (χ4v) is 3.67. The molecule has 1 unspecified atom stereocenters. The molecule has 1 atom stereocenters. The van der Waals surface area contributed by atoms with Crippen LogP contribution < -0.4 is 5.73 Å². The summed E-state index contributed by atoms with van der Waals surface area (Å²) >= 11 is 1.65. The molecule has 2 N–H and O–H groups in total. The minimum atomic E-state index is 0.627. The third-order valence-corrected chi connectivity index (χ3v) is 4.80. The Labute approximate surface area is 123 Å². The van der Waals surface area contributed by atoms with Crippen LogP contribution >= 0.6 is 11.3 Å². The zero-order chi connectivity index (χ0) is 13.8. The molecular formula is C15H21N3OS. The van der Waals surface area contributed by atoms with Crippen LogP contribution in [0.5, 0.6) is 0 Å². The van der Waals surface area contributed by atoms with E-state index in [0.29, 0.717) is 6.04 Å². The molecule has 1 aliphatic heterocycles. The van der Waals surface area contributed by atoms with Gasteiger partial charge < -0.3 is 10.2 Å². The summed E-state index contributed by atoms with van der Waals surface area (Å²) in [4.78, 5) is 7.23. The molecule has 20 heavy (non-hydrogen) atoms. The highest BCUT2D eigenvalue weighted by atomic mass is 32.1. The molecule has 108 valence electrons. The number of nitrogens with two attached hydrogens (primary N) is 1. The number of likely N-dealkylation sites (tertiary alicyclic amines) is 1. The van der Waals surface area contributed by atoms with Crippen molar-refractivity contribution in [1.82, 2.24) is 9.88 Å². The average Bonchev–Trinajstić information content (AvgIpc) is 3.12. The zero-order valence-electron chi connectivity index (χ0n) is 11.6. The van der Waals surface area contributed by atoms with Crippen molar-refractivity contribution in [2.75, 3.05) is 13.1 Å². The highest BCUT2D eigenvalue weighted by Crippen LogP contribution is 2.26. The van der Waals surface area contributed by atoms with Crippen LogP contribution in [0, 0.1) is 0 Å². The van der Waals surface area contributed by atoms with E-state index in [-0.39, 0.29) is 0 Å². The number of nitrogens with zero attached hydrogens (tertiary/aromatic N) is 2. The number of hydrogen-bond acceptors (Lipinski definition) is 5. The second kappa shape index (κ2) is 6.52. The van der Waals surface area contributed by atoms with E-state index in [0.717, 1.165) is 42.5 Å². The van der Waals surface area contributed by atoms with Crippen molar-refractivity contribution in [3.8, 4) is 10.8 Å². The minimum Gasteiger partial charge on any atom is -0.462 e. The average molecular weight is 291 g/mol. The Morgan fingerprint density at radius 2 is 2.40 bits per heavy atom. The van der Waals surface area contributed by atoms with Crippen LogP contribution in [0.25, 0.3) is 10.8 Å². The molecule has 0 bridgehead atoms. The molecule has 4 nitrogen and oxygen atoms in total. The van der Waals surface area contributed by atoms with Crippen molar-refractivity contribution >= 4 is 11.3 Å². The maximum atomic E-state index is 5.73. The molecule has 1 saturated heterocycles. The lowest BCUT2D eigenvalue weighted by Gasteiger charge is -2.35. The Kier molecular flexibility index (Phi) is 4.50. The first-order valence-corrected chi connectivity index (χ1v) is 8.17. The van der Waals surface area contributed by atoms with Crippen LogP contribution in [0.4, 0.5) is 0 Å². The van der Waals surface area contributed by atoms with E-state index >= 15 is 0 Å². The molecule has 0 aromatic carbocycles. The number of piperidine rings is 1. The van der Waals surface area contributed by atoms with Crippen LogP contribution in [0.1, 0.15) is 31.4 Å². The van der Waals surface area contributed by atoms with E-state index in [1.54, 1.807) is 17.6 Å². The Balaban J connectivity index is 1.67. The summed E-state index contributed by atoms with van der Waals surface area (Å²) in [7, 11) is 0. The van der Waals surface area contributed by atoms with Gasteiger partial charge in [-0.25, -0.2) is 4.98 Å². The van der Waals surface area contributed by atoms with Gasteiger partial charge in [-0.1, -0.05) is 6.42 Å². The fourth-order valence-electron chi connectivity index (χ4n) is 2.89. The summed E-state index contributed by atoms with van der Waals surface area (Å²) in [6.45, 7) is 2.87. The van der Waals surface area contributed by atoms with Crippen LogP contribution in [0.2, 0.25) is 0 Å². The molecule has 1 aliphatic rings. The van der Waals surface area contributed by atoms with Gasteiger partial charge in [0.05, 0.1) is 12.0 Å². The van der Waals surface area contributed by atoms with Crippen LogP contribution in [0.15, 0.2) is 28.2 Å². The highest BCUT2D eigenvalue weighted by Gasteiger charge is 2.22. The van der Waals surface area contributed by atoms with E-state index in [1.165, 1.54) is 19.3 Å². The number of furan rings is 1. The molecule has 0 amide bonds.